The third-order valence-corrected chi connectivity index (χ3v) is 4.81. The molecule has 2 aromatic carbocycles. The second-order valence-electron chi connectivity index (χ2n) is 5.30. The molecule has 0 fully saturated rings. The summed E-state index contributed by atoms with van der Waals surface area (Å²) in [5, 5.41) is 2.68. The normalized spacial score (nSPS) is 11.9. The van der Waals surface area contributed by atoms with Crippen LogP contribution in [0, 0.1) is 0 Å². The highest BCUT2D eigenvalue weighted by Gasteiger charge is 2.09. The number of unbranched alkanes of at least 4 members (excludes halogenated alkanes) is 1. The van der Waals surface area contributed by atoms with Crippen LogP contribution in [0.2, 0.25) is 0 Å². The van der Waals surface area contributed by atoms with Crippen molar-refractivity contribution in [3.63, 3.8) is 0 Å². The van der Waals surface area contributed by atoms with Gasteiger partial charge in [0.05, 0.1) is 17.3 Å². The minimum Gasteiger partial charge on any atom is -0.325 e. The number of nitrogens with one attached hydrogen (secondary N) is 1. The van der Waals surface area contributed by atoms with E-state index in [0.717, 1.165) is 24.2 Å². The second kappa shape index (κ2) is 8.60. The molecule has 2 aromatic rings. The van der Waals surface area contributed by atoms with Crippen molar-refractivity contribution >= 4 is 22.4 Å². The number of anilines is 1. The minimum atomic E-state index is -1.27. The molecule has 0 saturated heterocycles. The van der Waals surface area contributed by atoms with Crippen LogP contribution in [0.15, 0.2) is 58.3 Å². The number of hydrogen-bond acceptors (Lipinski definition) is 3. The molecule has 0 bridgehead atoms. The van der Waals surface area contributed by atoms with Gasteiger partial charge in [-0.25, -0.2) is 4.21 Å². The van der Waals surface area contributed by atoms with Crippen LogP contribution in [0.4, 0.5) is 5.69 Å². The Morgan fingerprint density at radius 3 is 2.52 bits per heavy atom. The van der Waals surface area contributed by atoms with E-state index >= 15 is 0 Å². The van der Waals surface area contributed by atoms with Crippen molar-refractivity contribution in [1.82, 2.24) is 0 Å². The highest BCUT2D eigenvalue weighted by molar-refractivity contribution is 7.85. The summed E-state index contributed by atoms with van der Waals surface area (Å²) < 4.78 is 12.8. The number of rotatable bonds is 7. The molecule has 1 amide bonds. The molecule has 3 N–H and O–H groups in total. The lowest BCUT2D eigenvalue weighted by Gasteiger charge is -2.08. The van der Waals surface area contributed by atoms with E-state index in [1.807, 2.05) is 18.2 Å². The molecule has 1 unspecified atom stereocenters. The van der Waals surface area contributed by atoms with Gasteiger partial charge in [-0.1, -0.05) is 31.5 Å². The van der Waals surface area contributed by atoms with Crippen LogP contribution < -0.4 is 11.1 Å². The van der Waals surface area contributed by atoms with Crippen LogP contribution in [0.3, 0.4) is 0 Å². The van der Waals surface area contributed by atoms with E-state index in [-0.39, 0.29) is 12.5 Å². The van der Waals surface area contributed by atoms with E-state index in [1.165, 1.54) is 5.56 Å². The SMILES string of the molecule is CCCCc1cccc(S(=O)c2cccc(NC(=O)CN)c2)c1. The van der Waals surface area contributed by atoms with Crippen molar-refractivity contribution in [3.8, 4) is 0 Å². The van der Waals surface area contributed by atoms with Gasteiger partial charge < -0.3 is 11.1 Å². The van der Waals surface area contributed by atoms with Gasteiger partial charge in [0.2, 0.25) is 5.91 Å². The molecular weight excluding hydrogens is 308 g/mol. The molecule has 0 heterocycles. The predicted octanol–water partition coefficient (Wildman–Crippen LogP) is 3.09. The largest absolute Gasteiger partial charge is 0.325 e. The summed E-state index contributed by atoms with van der Waals surface area (Å²) in [6.07, 6.45) is 3.25. The molecule has 0 radical (unpaired) electrons. The molecule has 23 heavy (non-hydrogen) atoms. The lowest BCUT2D eigenvalue weighted by atomic mass is 10.1. The molecule has 2 rings (SSSR count). The number of aryl methyl sites for hydroxylation is 1. The second-order valence-corrected chi connectivity index (χ2v) is 6.78. The van der Waals surface area contributed by atoms with Crippen LogP contribution in [-0.4, -0.2) is 16.7 Å². The number of benzene rings is 2. The van der Waals surface area contributed by atoms with Gasteiger partial charge >= 0.3 is 0 Å². The van der Waals surface area contributed by atoms with Crippen molar-refractivity contribution in [1.29, 1.82) is 0 Å². The van der Waals surface area contributed by atoms with Gasteiger partial charge in [-0.3, -0.25) is 4.79 Å². The van der Waals surface area contributed by atoms with Crippen molar-refractivity contribution in [2.24, 2.45) is 5.73 Å². The zero-order chi connectivity index (χ0) is 16.7. The van der Waals surface area contributed by atoms with E-state index in [9.17, 15) is 9.00 Å². The molecule has 0 spiro atoms. The summed E-state index contributed by atoms with van der Waals surface area (Å²) in [6, 6.07) is 14.9. The fourth-order valence-electron chi connectivity index (χ4n) is 2.23. The van der Waals surface area contributed by atoms with Crippen molar-refractivity contribution in [2.75, 3.05) is 11.9 Å². The van der Waals surface area contributed by atoms with Crippen molar-refractivity contribution in [3.05, 3.63) is 54.1 Å². The third kappa shape index (κ3) is 5.01. The molecule has 1 atom stereocenters. The summed E-state index contributed by atoms with van der Waals surface area (Å²) >= 11 is 0. The Balaban J connectivity index is 2.19. The predicted molar refractivity (Wildman–Crippen MR) is 93.9 cm³/mol. The Kier molecular flexibility index (Phi) is 6.50. The maximum Gasteiger partial charge on any atom is 0.238 e. The van der Waals surface area contributed by atoms with Crippen LogP contribution in [0.25, 0.3) is 0 Å². The lowest BCUT2D eigenvalue weighted by molar-refractivity contribution is -0.114. The smallest absolute Gasteiger partial charge is 0.238 e. The van der Waals surface area contributed by atoms with E-state index < -0.39 is 10.8 Å². The Morgan fingerprint density at radius 1 is 1.13 bits per heavy atom. The maximum atomic E-state index is 12.8. The molecule has 0 aromatic heterocycles. The zero-order valence-electron chi connectivity index (χ0n) is 13.2. The van der Waals surface area contributed by atoms with Gasteiger partial charge in [-0.15, -0.1) is 0 Å². The molecular formula is C18H22N2O2S. The van der Waals surface area contributed by atoms with Gasteiger partial charge in [0.25, 0.3) is 0 Å². The summed E-state index contributed by atoms with van der Waals surface area (Å²) in [4.78, 5) is 12.8. The van der Waals surface area contributed by atoms with Crippen LogP contribution >= 0.6 is 0 Å². The number of amides is 1. The van der Waals surface area contributed by atoms with Crippen molar-refractivity contribution in [2.45, 2.75) is 36.0 Å². The minimum absolute atomic E-state index is 0.0766. The number of carbonyl (C=O) groups is 1. The van der Waals surface area contributed by atoms with Crippen molar-refractivity contribution < 1.29 is 9.00 Å². The summed E-state index contributed by atoms with van der Waals surface area (Å²) in [6.45, 7) is 2.08. The zero-order valence-corrected chi connectivity index (χ0v) is 14.1. The Morgan fingerprint density at radius 2 is 1.83 bits per heavy atom. The highest BCUT2D eigenvalue weighted by Crippen LogP contribution is 2.21. The molecule has 4 nitrogen and oxygen atoms in total. The molecule has 0 saturated carbocycles. The van der Waals surface area contributed by atoms with E-state index in [0.29, 0.717) is 10.6 Å². The van der Waals surface area contributed by atoms with E-state index in [4.69, 9.17) is 5.73 Å². The topological polar surface area (TPSA) is 72.2 Å². The first kappa shape index (κ1) is 17.4. The standard InChI is InChI=1S/C18H22N2O2S/c1-2-3-6-14-7-4-9-16(11-14)23(22)17-10-5-8-15(12-17)20-18(21)13-19/h4-5,7-12H,2-3,6,13,19H2,1H3,(H,20,21). The molecule has 5 heteroatoms. The molecule has 0 aliphatic heterocycles. The maximum absolute atomic E-state index is 12.8. The lowest BCUT2D eigenvalue weighted by Crippen LogP contribution is -2.21. The molecule has 122 valence electrons. The van der Waals surface area contributed by atoms with E-state index in [2.05, 4.69) is 18.3 Å². The Hall–Kier alpha value is -1.98. The number of nitrogens with two attached hydrogens (primary N) is 1. The summed E-state index contributed by atoms with van der Waals surface area (Å²) in [7, 11) is -1.27. The third-order valence-electron chi connectivity index (χ3n) is 3.45. The Bertz CT molecular complexity index is 701. The fourth-order valence-corrected chi connectivity index (χ4v) is 3.40. The van der Waals surface area contributed by atoms with Gasteiger partial charge in [-0.05, 0) is 48.7 Å². The van der Waals surface area contributed by atoms with E-state index in [1.54, 1.807) is 24.3 Å². The van der Waals surface area contributed by atoms with Crippen LogP contribution in [0.5, 0.6) is 0 Å². The average molecular weight is 330 g/mol. The first-order valence-electron chi connectivity index (χ1n) is 7.74. The number of carbonyl (C=O) groups excluding carboxylic acids is 1. The first-order valence-corrected chi connectivity index (χ1v) is 8.89. The first-order chi connectivity index (χ1) is 11.1. The monoisotopic (exact) mass is 330 g/mol. The number of hydrogen-bond donors (Lipinski definition) is 2. The quantitative estimate of drug-likeness (QED) is 0.819. The highest BCUT2D eigenvalue weighted by atomic mass is 32.2. The van der Waals surface area contributed by atoms with Gasteiger partial charge in [0.1, 0.15) is 0 Å². The van der Waals surface area contributed by atoms with Gasteiger partial charge in [0, 0.05) is 15.5 Å². The fraction of sp³-hybridized carbons (Fsp3) is 0.278. The average Bonchev–Trinajstić information content (AvgIpc) is 2.59. The van der Waals surface area contributed by atoms with Gasteiger partial charge in [-0.2, -0.15) is 0 Å². The van der Waals surface area contributed by atoms with Crippen LogP contribution in [0.1, 0.15) is 25.3 Å². The van der Waals surface area contributed by atoms with Crippen LogP contribution in [-0.2, 0) is 22.0 Å². The van der Waals surface area contributed by atoms with Gasteiger partial charge in [0.15, 0.2) is 0 Å². The molecule has 0 aliphatic rings. The molecule has 0 aliphatic carbocycles. The summed E-state index contributed by atoms with van der Waals surface area (Å²) in [5.41, 5.74) is 7.10. The summed E-state index contributed by atoms with van der Waals surface area (Å²) in [5.74, 6) is -0.269. The Labute approximate surface area is 139 Å².